The van der Waals surface area contributed by atoms with Gasteiger partial charge in [-0.25, -0.2) is 9.97 Å². The quantitative estimate of drug-likeness (QED) is 0.827. The van der Waals surface area contributed by atoms with E-state index >= 15 is 0 Å². The number of anilines is 2. The largest absolute Gasteiger partial charge is 0.370 e. The Balaban J connectivity index is 2.32. The summed E-state index contributed by atoms with van der Waals surface area (Å²) in [4.78, 5) is 11.7. The standard InChI is InChI=1S/C17H30N4/c1-5-8-14-16(18-10-6-2)19-12-20-17(14)21-11-7-9-15(21)13(3)4/h12-13,15H,5-11H2,1-4H3,(H,18,19,20). The Morgan fingerprint density at radius 3 is 2.76 bits per heavy atom. The molecule has 4 heteroatoms. The van der Waals surface area contributed by atoms with Crippen LogP contribution in [0.3, 0.4) is 0 Å². The van der Waals surface area contributed by atoms with E-state index in [0.29, 0.717) is 12.0 Å². The van der Waals surface area contributed by atoms with Crippen LogP contribution in [0.4, 0.5) is 11.6 Å². The number of aromatic nitrogens is 2. The van der Waals surface area contributed by atoms with Crippen molar-refractivity contribution in [1.82, 2.24) is 9.97 Å². The molecule has 1 N–H and O–H groups in total. The van der Waals surface area contributed by atoms with Crippen LogP contribution < -0.4 is 10.2 Å². The van der Waals surface area contributed by atoms with Crippen LogP contribution >= 0.6 is 0 Å². The zero-order valence-electron chi connectivity index (χ0n) is 14.0. The molecule has 1 aromatic heterocycles. The molecule has 0 bridgehead atoms. The highest BCUT2D eigenvalue weighted by molar-refractivity contribution is 5.59. The van der Waals surface area contributed by atoms with Gasteiger partial charge in [0.1, 0.15) is 18.0 Å². The zero-order chi connectivity index (χ0) is 15.2. The second-order valence-corrected chi connectivity index (χ2v) is 6.35. The highest BCUT2D eigenvalue weighted by Gasteiger charge is 2.30. The lowest BCUT2D eigenvalue weighted by molar-refractivity contribution is 0.488. The lowest BCUT2D eigenvalue weighted by Crippen LogP contribution is -2.35. The normalized spacial score (nSPS) is 18.5. The highest BCUT2D eigenvalue weighted by atomic mass is 15.2. The SMILES string of the molecule is CCCNc1ncnc(N2CCCC2C(C)C)c1CCC. The molecule has 0 amide bonds. The van der Waals surface area contributed by atoms with Gasteiger partial charge in [-0.1, -0.05) is 34.1 Å². The maximum atomic E-state index is 4.66. The number of hydrogen-bond donors (Lipinski definition) is 1. The molecule has 0 spiro atoms. The predicted molar refractivity (Wildman–Crippen MR) is 90.0 cm³/mol. The van der Waals surface area contributed by atoms with Crippen molar-refractivity contribution in [2.24, 2.45) is 5.92 Å². The molecule has 1 saturated heterocycles. The van der Waals surface area contributed by atoms with E-state index in [-0.39, 0.29) is 0 Å². The first-order valence-corrected chi connectivity index (χ1v) is 8.53. The molecule has 118 valence electrons. The molecule has 0 aliphatic carbocycles. The molecule has 1 aromatic rings. The van der Waals surface area contributed by atoms with Crippen LogP contribution in [-0.4, -0.2) is 29.1 Å². The molecule has 1 fully saturated rings. The number of nitrogens with one attached hydrogen (secondary N) is 1. The van der Waals surface area contributed by atoms with E-state index < -0.39 is 0 Å². The fraction of sp³-hybridized carbons (Fsp3) is 0.765. The third-order valence-electron chi connectivity index (χ3n) is 4.31. The molecule has 2 heterocycles. The Bertz CT molecular complexity index is 444. The van der Waals surface area contributed by atoms with Crippen LogP contribution in [0.5, 0.6) is 0 Å². The Morgan fingerprint density at radius 1 is 1.29 bits per heavy atom. The molecular weight excluding hydrogens is 260 g/mol. The van der Waals surface area contributed by atoms with Gasteiger partial charge in [-0.2, -0.15) is 0 Å². The fourth-order valence-corrected chi connectivity index (χ4v) is 3.28. The third kappa shape index (κ3) is 3.66. The van der Waals surface area contributed by atoms with Crippen molar-refractivity contribution in [3.05, 3.63) is 11.9 Å². The van der Waals surface area contributed by atoms with Crippen molar-refractivity contribution in [2.45, 2.75) is 65.8 Å². The summed E-state index contributed by atoms with van der Waals surface area (Å²) in [5.41, 5.74) is 1.31. The number of nitrogens with zero attached hydrogens (tertiary/aromatic N) is 3. The molecule has 0 saturated carbocycles. The smallest absolute Gasteiger partial charge is 0.137 e. The van der Waals surface area contributed by atoms with Crippen molar-refractivity contribution in [2.75, 3.05) is 23.3 Å². The first kappa shape index (κ1) is 16.1. The Morgan fingerprint density at radius 2 is 2.10 bits per heavy atom. The predicted octanol–water partition coefficient (Wildman–Crippen LogP) is 3.88. The van der Waals surface area contributed by atoms with E-state index in [4.69, 9.17) is 0 Å². The second-order valence-electron chi connectivity index (χ2n) is 6.35. The van der Waals surface area contributed by atoms with E-state index in [1.165, 1.54) is 24.2 Å². The monoisotopic (exact) mass is 290 g/mol. The van der Waals surface area contributed by atoms with Crippen LogP contribution in [0.25, 0.3) is 0 Å². The Hall–Kier alpha value is -1.32. The lowest BCUT2D eigenvalue weighted by atomic mass is 10.0. The molecule has 4 nitrogen and oxygen atoms in total. The molecule has 1 atom stereocenters. The van der Waals surface area contributed by atoms with Crippen LogP contribution in [0.2, 0.25) is 0 Å². The van der Waals surface area contributed by atoms with Gasteiger partial charge in [0.15, 0.2) is 0 Å². The lowest BCUT2D eigenvalue weighted by Gasteiger charge is -2.30. The number of rotatable bonds is 7. The summed E-state index contributed by atoms with van der Waals surface area (Å²) < 4.78 is 0. The summed E-state index contributed by atoms with van der Waals surface area (Å²) in [5, 5.41) is 3.48. The van der Waals surface area contributed by atoms with Crippen molar-refractivity contribution in [3.63, 3.8) is 0 Å². The average molecular weight is 290 g/mol. The van der Waals surface area contributed by atoms with Gasteiger partial charge < -0.3 is 10.2 Å². The van der Waals surface area contributed by atoms with Gasteiger partial charge in [0.25, 0.3) is 0 Å². The van der Waals surface area contributed by atoms with Gasteiger partial charge in [0, 0.05) is 24.7 Å². The zero-order valence-corrected chi connectivity index (χ0v) is 14.0. The molecular formula is C17H30N4. The average Bonchev–Trinajstić information content (AvgIpc) is 2.96. The van der Waals surface area contributed by atoms with Crippen molar-refractivity contribution in [3.8, 4) is 0 Å². The number of hydrogen-bond acceptors (Lipinski definition) is 4. The first-order valence-electron chi connectivity index (χ1n) is 8.53. The van der Waals surface area contributed by atoms with E-state index in [9.17, 15) is 0 Å². The molecule has 0 aromatic carbocycles. The van der Waals surface area contributed by atoms with Gasteiger partial charge >= 0.3 is 0 Å². The van der Waals surface area contributed by atoms with Gasteiger partial charge in [-0.15, -0.1) is 0 Å². The van der Waals surface area contributed by atoms with Crippen molar-refractivity contribution in [1.29, 1.82) is 0 Å². The van der Waals surface area contributed by atoms with Crippen LogP contribution in [0.15, 0.2) is 6.33 Å². The summed E-state index contributed by atoms with van der Waals surface area (Å²) in [6.45, 7) is 11.2. The minimum absolute atomic E-state index is 0.620. The molecule has 1 aliphatic heterocycles. The molecule has 2 rings (SSSR count). The maximum Gasteiger partial charge on any atom is 0.137 e. The fourth-order valence-electron chi connectivity index (χ4n) is 3.28. The van der Waals surface area contributed by atoms with E-state index in [2.05, 4.69) is 47.9 Å². The Labute approximate surface area is 129 Å². The van der Waals surface area contributed by atoms with Gasteiger partial charge in [0.2, 0.25) is 0 Å². The van der Waals surface area contributed by atoms with Crippen LogP contribution in [-0.2, 0) is 6.42 Å². The summed E-state index contributed by atoms with van der Waals surface area (Å²) in [7, 11) is 0. The summed E-state index contributed by atoms with van der Waals surface area (Å²) in [6.07, 6.45) is 7.57. The minimum atomic E-state index is 0.620. The van der Waals surface area contributed by atoms with Crippen molar-refractivity contribution >= 4 is 11.6 Å². The van der Waals surface area contributed by atoms with Gasteiger partial charge in [-0.3, -0.25) is 0 Å². The minimum Gasteiger partial charge on any atom is -0.370 e. The topological polar surface area (TPSA) is 41.1 Å². The van der Waals surface area contributed by atoms with E-state index in [0.717, 1.165) is 38.2 Å². The second kappa shape index (κ2) is 7.62. The summed E-state index contributed by atoms with van der Waals surface area (Å²) in [6, 6.07) is 0.620. The van der Waals surface area contributed by atoms with Gasteiger partial charge in [-0.05, 0) is 31.6 Å². The summed E-state index contributed by atoms with van der Waals surface area (Å²) in [5.74, 6) is 2.88. The van der Waals surface area contributed by atoms with E-state index in [1.54, 1.807) is 6.33 Å². The van der Waals surface area contributed by atoms with Gasteiger partial charge in [0.05, 0.1) is 0 Å². The first-order chi connectivity index (χ1) is 10.2. The molecule has 1 aliphatic rings. The van der Waals surface area contributed by atoms with Crippen molar-refractivity contribution < 1.29 is 0 Å². The van der Waals surface area contributed by atoms with Crippen LogP contribution in [0.1, 0.15) is 58.9 Å². The Kier molecular flexibility index (Phi) is 5.83. The molecule has 1 unspecified atom stereocenters. The molecule has 21 heavy (non-hydrogen) atoms. The summed E-state index contributed by atoms with van der Waals surface area (Å²) >= 11 is 0. The molecule has 0 radical (unpaired) electrons. The highest BCUT2D eigenvalue weighted by Crippen LogP contribution is 2.33. The van der Waals surface area contributed by atoms with Crippen LogP contribution in [0, 0.1) is 5.92 Å². The maximum absolute atomic E-state index is 4.66. The van der Waals surface area contributed by atoms with E-state index in [1.807, 2.05) is 0 Å². The third-order valence-corrected chi connectivity index (χ3v) is 4.31.